The number of hydrogen-bond acceptors (Lipinski definition) is 15. The van der Waals surface area contributed by atoms with E-state index in [1.165, 1.54) is 13.8 Å². The average molecular weight is 1010 g/mol. The van der Waals surface area contributed by atoms with Crippen LogP contribution in [-0.4, -0.2) is 183 Å². The zero-order valence-corrected chi connectivity index (χ0v) is 40.7. The number of hydrogen-bond donors (Lipinski definition) is 15. The van der Waals surface area contributed by atoms with Gasteiger partial charge in [-0.3, -0.25) is 57.7 Å². The molecule has 29 heteroatoms. The lowest BCUT2D eigenvalue weighted by atomic mass is 10.0. The van der Waals surface area contributed by atoms with Gasteiger partial charge in [0.05, 0.1) is 19.6 Å². The van der Waals surface area contributed by atoms with Gasteiger partial charge in [-0.15, -0.1) is 0 Å². The molecular weight excluding hydrogens is 943 g/mol. The van der Waals surface area contributed by atoms with Crippen LogP contribution in [0.4, 0.5) is 0 Å². The Balaban J connectivity index is 3.07. The Morgan fingerprint density at radius 3 is 1.77 bits per heavy atom. The van der Waals surface area contributed by atoms with Crippen LogP contribution in [0, 0.1) is 11.8 Å². The molecule has 0 saturated carbocycles. The average Bonchev–Trinajstić information content (AvgIpc) is 3.78. The minimum absolute atomic E-state index is 0.0351. The molecule has 0 spiro atoms. The van der Waals surface area contributed by atoms with Gasteiger partial charge in [0.1, 0.15) is 54.4 Å². The summed E-state index contributed by atoms with van der Waals surface area (Å²) in [5.74, 6) is -13.3. The maximum Gasteiger partial charge on any atom is 0.326 e. The second-order valence-corrected chi connectivity index (χ2v) is 17.6. The molecule has 0 radical (unpaired) electrons. The third-order valence-electron chi connectivity index (χ3n) is 10.7. The lowest BCUT2D eigenvalue weighted by Gasteiger charge is -2.30. The van der Waals surface area contributed by atoms with Gasteiger partial charge in [0, 0.05) is 19.5 Å². The third kappa shape index (κ3) is 22.4. The van der Waals surface area contributed by atoms with E-state index >= 15 is 0 Å². The molecule has 18 N–H and O–H groups in total. The minimum atomic E-state index is -1.74. The molecule has 400 valence electrons. The standard InChI is InChI=1S/C42H71N13O16/c1-19(2)15-26(52-34(63)22(6)49-39(68)32(20(3)4)54-29(57)17-47-36(65)24(11-12-30(58)59)50-35(64)23(43)18-56)37(66)53-27(16-31(60)61)40(69)55-14-8-10-28(55)38(67)48-21(5)33(62)51-25(41(70)71)9-7-13-46-42(44)45/h19-28,32,56H,7-18,43H2,1-6H3,(H,47,65)(H,48,67)(H,49,68)(H,50,64)(H,51,62)(H,52,63)(H,53,66)(H,54,57)(H,58,59)(H,60,61)(H,70,71)(H4,44,45,46)/t21-,22-,23-,24-,25-,26-,27-,28-,32-/m0/s1. The van der Waals surface area contributed by atoms with Gasteiger partial charge in [-0.05, 0) is 64.2 Å². The Bertz CT molecular complexity index is 1960. The van der Waals surface area contributed by atoms with E-state index in [1.54, 1.807) is 27.7 Å². The smallest absolute Gasteiger partial charge is 0.326 e. The summed E-state index contributed by atoms with van der Waals surface area (Å²) in [6.45, 7) is 7.66. The van der Waals surface area contributed by atoms with Crippen molar-refractivity contribution in [3.05, 3.63) is 0 Å². The van der Waals surface area contributed by atoms with Gasteiger partial charge >= 0.3 is 17.9 Å². The highest BCUT2D eigenvalue weighted by Gasteiger charge is 2.40. The molecule has 1 aliphatic heterocycles. The Hall–Kier alpha value is -7.17. The first kappa shape index (κ1) is 61.8. The molecule has 0 aromatic rings. The number of guanidine groups is 1. The van der Waals surface area contributed by atoms with Crippen LogP contribution in [0.15, 0.2) is 4.99 Å². The number of likely N-dealkylation sites (tertiary alicyclic amines) is 1. The number of carbonyl (C=O) groups excluding carboxylic acids is 9. The zero-order valence-electron chi connectivity index (χ0n) is 40.7. The predicted molar refractivity (Wildman–Crippen MR) is 249 cm³/mol. The summed E-state index contributed by atoms with van der Waals surface area (Å²) in [5.41, 5.74) is 16.0. The number of aliphatic carboxylic acids is 3. The topological polar surface area (TPSA) is 476 Å². The van der Waals surface area contributed by atoms with E-state index in [1.807, 2.05) is 0 Å². The van der Waals surface area contributed by atoms with Crippen molar-refractivity contribution < 1.29 is 78.0 Å². The highest BCUT2D eigenvalue weighted by molar-refractivity contribution is 5.99. The van der Waals surface area contributed by atoms with Crippen LogP contribution < -0.4 is 59.7 Å². The largest absolute Gasteiger partial charge is 0.481 e. The van der Waals surface area contributed by atoms with Gasteiger partial charge in [0.25, 0.3) is 0 Å². The first-order valence-corrected chi connectivity index (χ1v) is 22.9. The molecule has 71 heavy (non-hydrogen) atoms. The van der Waals surface area contributed by atoms with Crippen LogP contribution in [0.3, 0.4) is 0 Å². The Labute approximate surface area is 409 Å². The Morgan fingerprint density at radius 2 is 1.24 bits per heavy atom. The van der Waals surface area contributed by atoms with E-state index in [9.17, 15) is 67.7 Å². The number of nitrogens with one attached hydrogen (secondary N) is 8. The van der Waals surface area contributed by atoms with Gasteiger partial charge < -0.3 is 85.1 Å². The van der Waals surface area contributed by atoms with Crippen LogP contribution >= 0.6 is 0 Å². The molecule has 1 fully saturated rings. The maximum atomic E-state index is 13.9. The van der Waals surface area contributed by atoms with Gasteiger partial charge in [-0.25, -0.2) is 4.79 Å². The van der Waals surface area contributed by atoms with E-state index in [-0.39, 0.29) is 63.5 Å². The van der Waals surface area contributed by atoms with E-state index in [0.717, 1.165) is 4.90 Å². The van der Waals surface area contributed by atoms with Crippen LogP contribution in [0.1, 0.15) is 92.9 Å². The summed E-state index contributed by atoms with van der Waals surface area (Å²) >= 11 is 0. The van der Waals surface area contributed by atoms with Gasteiger partial charge in [-0.1, -0.05) is 27.7 Å². The molecular formula is C42H71N13O16. The number of carboxylic acid groups (broad SMARTS) is 3. The summed E-state index contributed by atoms with van der Waals surface area (Å²) in [7, 11) is 0. The molecule has 0 aliphatic carbocycles. The molecule has 0 aromatic carbocycles. The second kappa shape index (κ2) is 30.4. The normalized spacial score (nSPS) is 16.5. The predicted octanol–water partition coefficient (Wildman–Crippen LogP) is -5.97. The molecule has 1 heterocycles. The summed E-state index contributed by atoms with van der Waals surface area (Å²) in [5, 5.41) is 56.4. The van der Waals surface area contributed by atoms with Crippen molar-refractivity contribution >= 4 is 77.0 Å². The van der Waals surface area contributed by atoms with E-state index in [4.69, 9.17) is 27.4 Å². The lowest BCUT2D eigenvalue weighted by Crippen LogP contribution is -2.60. The molecule has 0 bridgehead atoms. The molecule has 1 rings (SSSR count). The first-order chi connectivity index (χ1) is 33.1. The summed E-state index contributed by atoms with van der Waals surface area (Å²) < 4.78 is 0. The molecule has 29 nitrogen and oxygen atoms in total. The number of aliphatic hydroxyl groups is 1. The summed E-state index contributed by atoms with van der Waals surface area (Å²) in [6.07, 6.45) is -1.37. The van der Waals surface area contributed by atoms with E-state index in [2.05, 4.69) is 47.5 Å². The molecule has 9 atom stereocenters. The third-order valence-corrected chi connectivity index (χ3v) is 10.7. The highest BCUT2D eigenvalue weighted by Crippen LogP contribution is 2.20. The van der Waals surface area contributed by atoms with Crippen molar-refractivity contribution in [2.45, 2.75) is 147 Å². The number of amides is 9. The number of nitrogens with two attached hydrogens (primary N) is 3. The number of carboxylic acids is 3. The van der Waals surface area contributed by atoms with E-state index in [0.29, 0.717) is 0 Å². The number of rotatable bonds is 31. The molecule has 0 aromatic heterocycles. The van der Waals surface area contributed by atoms with Crippen molar-refractivity contribution in [2.75, 3.05) is 26.2 Å². The number of nitrogens with zero attached hydrogens (tertiary/aromatic N) is 2. The van der Waals surface area contributed by atoms with Gasteiger partial charge in [-0.2, -0.15) is 0 Å². The van der Waals surface area contributed by atoms with Crippen molar-refractivity contribution in [2.24, 2.45) is 34.0 Å². The number of aliphatic imine (C=N–C) groups is 1. The summed E-state index contributed by atoms with van der Waals surface area (Å²) in [6, 6.07) is -12.5. The van der Waals surface area contributed by atoms with Crippen LogP contribution in [0.25, 0.3) is 0 Å². The van der Waals surface area contributed by atoms with Gasteiger partial charge in [0.2, 0.25) is 53.2 Å². The zero-order chi connectivity index (χ0) is 54.3. The quantitative estimate of drug-likeness (QED) is 0.0175. The fourth-order valence-corrected chi connectivity index (χ4v) is 6.90. The number of aliphatic hydroxyl groups excluding tert-OH is 1. The molecule has 1 saturated heterocycles. The minimum Gasteiger partial charge on any atom is -0.481 e. The van der Waals surface area contributed by atoms with Crippen molar-refractivity contribution in [1.82, 2.24) is 47.4 Å². The van der Waals surface area contributed by atoms with Crippen molar-refractivity contribution in [3.63, 3.8) is 0 Å². The van der Waals surface area contributed by atoms with Gasteiger partial charge in [0.15, 0.2) is 5.96 Å². The monoisotopic (exact) mass is 1010 g/mol. The molecule has 9 amide bonds. The first-order valence-electron chi connectivity index (χ1n) is 22.9. The summed E-state index contributed by atoms with van der Waals surface area (Å²) in [4.78, 5) is 158. The fourth-order valence-electron chi connectivity index (χ4n) is 6.90. The Morgan fingerprint density at radius 1 is 0.662 bits per heavy atom. The number of carbonyl (C=O) groups is 12. The van der Waals surface area contributed by atoms with Crippen molar-refractivity contribution in [3.8, 4) is 0 Å². The van der Waals surface area contributed by atoms with Crippen molar-refractivity contribution in [1.29, 1.82) is 0 Å². The van der Waals surface area contributed by atoms with E-state index < -0.39 is 157 Å². The molecule has 0 unspecified atom stereocenters. The SMILES string of the molecule is CC(C)C[C@H](NC(=O)[C@H](C)NC(=O)[C@@H](NC(=O)CNC(=O)[C@H](CCC(=O)O)NC(=O)[C@@H](N)CO)C(C)C)C(=O)N[C@@H](CC(=O)O)C(=O)N1CCC[C@H]1C(=O)N[C@@H](C)C(=O)N[C@@H](CCCN=C(N)N)C(=O)O. The lowest BCUT2D eigenvalue weighted by molar-refractivity contribution is -0.146. The van der Waals surface area contributed by atoms with Crippen LogP contribution in [-0.2, 0) is 57.5 Å². The fraction of sp³-hybridized carbons (Fsp3) is 0.690. The van der Waals surface area contributed by atoms with Crippen LogP contribution in [0.5, 0.6) is 0 Å². The Kier molecular flexibility index (Phi) is 26.5. The molecule has 1 aliphatic rings. The maximum absolute atomic E-state index is 13.9. The second-order valence-electron chi connectivity index (χ2n) is 17.6. The highest BCUT2D eigenvalue weighted by atomic mass is 16.4. The van der Waals surface area contributed by atoms with Crippen LogP contribution in [0.2, 0.25) is 0 Å².